The van der Waals surface area contributed by atoms with Crippen molar-refractivity contribution in [2.45, 2.75) is 6.92 Å². The summed E-state index contributed by atoms with van der Waals surface area (Å²) >= 11 is 0. The van der Waals surface area contributed by atoms with Crippen LogP contribution in [0.2, 0.25) is 0 Å². The van der Waals surface area contributed by atoms with E-state index in [1.54, 1.807) is 30.0 Å². The van der Waals surface area contributed by atoms with Gasteiger partial charge in [-0.15, -0.1) is 5.10 Å². The number of esters is 1. The lowest BCUT2D eigenvalue weighted by atomic mass is 10.2. The quantitative estimate of drug-likeness (QED) is 0.606. The zero-order valence-corrected chi connectivity index (χ0v) is 14.5. The van der Waals surface area contributed by atoms with Crippen molar-refractivity contribution in [3.63, 3.8) is 0 Å². The standard InChI is InChI=1S/C17H20N6O3/c1-2-26-16(25)13-5-3-4-6-14(13)19-15-11-18-21-17(20-15)23-9-7-22(12-24)8-10-23/h3-6,11-12H,2,7-10H2,1H3,(H,19,20,21). The third-order valence-electron chi connectivity index (χ3n) is 3.98. The Bertz CT molecular complexity index is 777. The summed E-state index contributed by atoms with van der Waals surface area (Å²) in [7, 11) is 0. The minimum atomic E-state index is -0.400. The van der Waals surface area contributed by atoms with Crippen LogP contribution >= 0.6 is 0 Å². The molecule has 26 heavy (non-hydrogen) atoms. The van der Waals surface area contributed by atoms with Crippen LogP contribution in [0.1, 0.15) is 17.3 Å². The smallest absolute Gasteiger partial charge is 0.340 e. The molecular weight excluding hydrogens is 336 g/mol. The van der Waals surface area contributed by atoms with Crippen LogP contribution in [0.3, 0.4) is 0 Å². The second kappa shape index (κ2) is 8.24. The first-order valence-corrected chi connectivity index (χ1v) is 8.38. The van der Waals surface area contributed by atoms with Gasteiger partial charge in [0.05, 0.1) is 24.1 Å². The van der Waals surface area contributed by atoms with Crippen molar-refractivity contribution in [2.75, 3.05) is 43.0 Å². The van der Waals surface area contributed by atoms with Gasteiger partial charge in [-0.3, -0.25) is 4.79 Å². The SMILES string of the molecule is CCOC(=O)c1ccccc1Nc1cnnc(N2CCN(C=O)CC2)n1. The Morgan fingerprint density at radius 2 is 2.04 bits per heavy atom. The maximum atomic E-state index is 12.1. The van der Waals surface area contributed by atoms with Gasteiger partial charge in [-0.2, -0.15) is 10.1 Å². The minimum absolute atomic E-state index is 0.305. The van der Waals surface area contributed by atoms with Crippen LogP contribution in [0.4, 0.5) is 17.5 Å². The monoisotopic (exact) mass is 356 g/mol. The Hall–Kier alpha value is -3.23. The largest absolute Gasteiger partial charge is 0.462 e. The lowest BCUT2D eigenvalue weighted by Crippen LogP contribution is -2.46. The molecule has 1 saturated heterocycles. The van der Waals surface area contributed by atoms with E-state index in [0.717, 1.165) is 6.41 Å². The number of anilines is 3. The van der Waals surface area contributed by atoms with Crippen molar-refractivity contribution in [2.24, 2.45) is 0 Å². The average molecular weight is 356 g/mol. The van der Waals surface area contributed by atoms with Crippen LogP contribution in [0.25, 0.3) is 0 Å². The number of nitrogens with zero attached hydrogens (tertiary/aromatic N) is 5. The molecule has 1 aliphatic heterocycles. The van der Waals surface area contributed by atoms with Crippen molar-refractivity contribution in [1.82, 2.24) is 20.1 Å². The minimum Gasteiger partial charge on any atom is -0.462 e. The van der Waals surface area contributed by atoms with Crippen molar-refractivity contribution >= 4 is 29.8 Å². The van der Waals surface area contributed by atoms with E-state index in [2.05, 4.69) is 20.5 Å². The highest BCUT2D eigenvalue weighted by atomic mass is 16.5. The molecule has 1 N–H and O–H groups in total. The summed E-state index contributed by atoms with van der Waals surface area (Å²) in [5.41, 5.74) is 1.01. The molecule has 2 heterocycles. The molecule has 0 atom stereocenters. The predicted molar refractivity (Wildman–Crippen MR) is 95.4 cm³/mol. The number of benzene rings is 1. The van der Waals surface area contributed by atoms with Crippen LogP contribution < -0.4 is 10.2 Å². The number of hydrogen-bond donors (Lipinski definition) is 1. The first kappa shape index (κ1) is 17.6. The second-order valence-corrected chi connectivity index (χ2v) is 5.66. The fourth-order valence-electron chi connectivity index (χ4n) is 2.63. The van der Waals surface area contributed by atoms with Crippen LogP contribution in [-0.4, -0.2) is 65.2 Å². The van der Waals surface area contributed by atoms with Gasteiger partial charge in [0.2, 0.25) is 12.4 Å². The molecule has 9 heteroatoms. The number of nitrogens with one attached hydrogen (secondary N) is 1. The van der Waals surface area contributed by atoms with Crippen LogP contribution in [0.5, 0.6) is 0 Å². The number of carbonyl (C=O) groups is 2. The highest BCUT2D eigenvalue weighted by Gasteiger charge is 2.19. The number of piperazine rings is 1. The van der Waals surface area contributed by atoms with Crippen molar-refractivity contribution in [3.05, 3.63) is 36.0 Å². The maximum absolute atomic E-state index is 12.1. The molecule has 0 saturated carbocycles. The Morgan fingerprint density at radius 3 is 2.77 bits per heavy atom. The molecule has 0 bridgehead atoms. The second-order valence-electron chi connectivity index (χ2n) is 5.66. The van der Waals surface area contributed by atoms with E-state index in [1.807, 2.05) is 11.0 Å². The first-order valence-electron chi connectivity index (χ1n) is 8.38. The Balaban J connectivity index is 1.76. The molecule has 9 nitrogen and oxygen atoms in total. The molecule has 136 valence electrons. The van der Waals surface area contributed by atoms with Gasteiger partial charge in [0.1, 0.15) is 0 Å². The summed E-state index contributed by atoms with van der Waals surface area (Å²) in [6, 6.07) is 7.05. The van der Waals surface area contributed by atoms with E-state index in [0.29, 0.717) is 55.8 Å². The number of carbonyl (C=O) groups excluding carboxylic acids is 2. The molecule has 2 aromatic rings. The molecule has 3 rings (SSSR count). The Morgan fingerprint density at radius 1 is 1.27 bits per heavy atom. The molecule has 1 aromatic carbocycles. The highest BCUT2D eigenvalue weighted by Crippen LogP contribution is 2.21. The molecule has 0 unspecified atom stereocenters. The molecule has 1 amide bonds. The molecule has 1 fully saturated rings. The fraction of sp³-hybridized carbons (Fsp3) is 0.353. The summed E-state index contributed by atoms with van der Waals surface area (Å²) in [6.45, 7) is 4.59. The molecular formula is C17H20N6O3. The van der Waals surface area contributed by atoms with E-state index in [9.17, 15) is 9.59 Å². The number of amides is 1. The van der Waals surface area contributed by atoms with Gasteiger partial charge in [-0.25, -0.2) is 4.79 Å². The van der Waals surface area contributed by atoms with Gasteiger partial charge < -0.3 is 19.9 Å². The maximum Gasteiger partial charge on any atom is 0.340 e. The van der Waals surface area contributed by atoms with E-state index in [1.165, 1.54) is 6.20 Å². The Kier molecular flexibility index (Phi) is 5.57. The zero-order chi connectivity index (χ0) is 18.4. The number of hydrogen-bond acceptors (Lipinski definition) is 8. The van der Waals surface area contributed by atoms with Crippen molar-refractivity contribution < 1.29 is 14.3 Å². The van der Waals surface area contributed by atoms with Gasteiger partial charge in [-0.05, 0) is 19.1 Å². The zero-order valence-electron chi connectivity index (χ0n) is 14.5. The third-order valence-corrected chi connectivity index (χ3v) is 3.98. The predicted octanol–water partition coefficient (Wildman–Crippen LogP) is 1.07. The van der Waals surface area contributed by atoms with Gasteiger partial charge in [0.15, 0.2) is 5.82 Å². The van der Waals surface area contributed by atoms with Gasteiger partial charge in [-0.1, -0.05) is 12.1 Å². The molecule has 0 radical (unpaired) electrons. The summed E-state index contributed by atoms with van der Waals surface area (Å²) in [4.78, 5) is 31.0. The van der Waals surface area contributed by atoms with E-state index in [-0.39, 0.29) is 0 Å². The Labute approximate surface area is 151 Å². The fourth-order valence-corrected chi connectivity index (χ4v) is 2.63. The number of ether oxygens (including phenoxy) is 1. The summed E-state index contributed by atoms with van der Waals surface area (Å²) in [5, 5.41) is 11.2. The molecule has 0 spiro atoms. The van der Waals surface area contributed by atoms with E-state index >= 15 is 0 Å². The van der Waals surface area contributed by atoms with Crippen LogP contribution in [0.15, 0.2) is 30.5 Å². The summed E-state index contributed by atoms with van der Waals surface area (Å²) in [5.74, 6) is 0.557. The topological polar surface area (TPSA) is 101 Å². The number of rotatable bonds is 6. The lowest BCUT2D eigenvalue weighted by molar-refractivity contribution is -0.118. The number of para-hydroxylation sites is 1. The average Bonchev–Trinajstić information content (AvgIpc) is 2.69. The van der Waals surface area contributed by atoms with Crippen molar-refractivity contribution in [3.8, 4) is 0 Å². The normalized spacial score (nSPS) is 14.0. The van der Waals surface area contributed by atoms with Gasteiger partial charge in [0, 0.05) is 26.2 Å². The lowest BCUT2D eigenvalue weighted by Gasteiger charge is -2.32. The summed E-state index contributed by atoms with van der Waals surface area (Å²) in [6.07, 6.45) is 2.34. The highest BCUT2D eigenvalue weighted by molar-refractivity contribution is 5.96. The first-order chi connectivity index (χ1) is 12.7. The molecule has 1 aromatic heterocycles. The van der Waals surface area contributed by atoms with Gasteiger partial charge in [0.25, 0.3) is 0 Å². The molecule has 1 aliphatic rings. The molecule has 0 aliphatic carbocycles. The third kappa shape index (κ3) is 4.05. The summed E-state index contributed by atoms with van der Waals surface area (Å²) < 4.78 is 5.08. The van der Waals surface area contributed by atoms with Crippen LogP contribution in [0, 0.1) is 0 Å². The van der Waals surface area contributed by atoms with E-state index < -0.39 is 5.97 Å². The van der Waals surface area contributed by atoms with Gasteiger partial charge >= 0.3 is 5.97 Å². The number of aromatic nitrogens is 3. The van der Waals surface area contributed by atoms with E-state index in [4.69, 9.17) is 4.74 Å². The van der Waals surface area contributed by atoms with Crippen molar-refractivity contribution in [1.29, 1.82) is 0 Å². The van der Waals surface area contributed by atoms with Crippen LogP contribution in [-0.2, 0) is 9.53 Å².